The topological polar surface area (TPSA) is 64.0 Å². The highest BCUT2D eigenvalue weighted by Crippen LogP contribution is 2.23. The van der Waals surface area contributed by atoms with E-state index in [-0.39, 0.29) is 11.4 Å². The Morgan fingerprint density at radius 2 is 2.16 bits per heavy atom. The standard InChI is InChI=1S/C12H14BrN3O2S/c1-9-11(13)4-3-5-12(9)19(17,18)15-7-10-6-14-16(2)8-10/h3-6,8,15H,7H2,1-2H3. The molecule has 19 heavy (non-hydrogen) atoms. The number of nitrogens with one attached hydrogen (secondary N) is 1. The summed E-state index contributed by atoms with van der Waals surface area (Å²) in [5.41, 5.74) is 1.51. The van der Waals surface area contributed by atoms with Crippen molar-refractivity contribution in [2.45, 2.75) is 18.4 Å². The molecule has 102 valence electrons. The van der Waals surface area contributed by atoms with Gasteiger partial charge in [-0.2, -0.15) is 5.10 Å². The minimum absolute atomic E-state index is 0.224. The van der Waals surface area contributed by atoms with Crippen molar-refractivity contribution in [2.24, 2.45) is 7.05 Å². The zero-order chi connectivity index (χ0) is 14.0. The van der Waals surface area contributed by atoms with Crippen LogP contribution in [0.4, 0.5) is 0 Å². The predicted molar refractivity (Wildman–Crippen MR) is 76.1 cm³/mol. The van der Waals surface area contributed by atoms with E-state index in [9.17, 15) is 8.42 Å². The lowest BCUT2D eigenvalue weighted by Crippen LogP contribution is -2.23. The second-order valence-electron chi connectivity index (χ2n) is 4.21. The van der Waals surface area contributed by atoms with Crippen molar-refractivity contribution in [2.75, 3.05) is 0 Å². The van der Waals surface area contributed by atoms with Gasteiger partial charge in [0.25, 0.3) is 0 Å². The van der Waals surface area contributed by atoms with E-state index >= 15 is 0 Å². The Bertz CT molecular complexity index is 695. The van der Waals surface area contributed by atoms with Gasteiger partial charge in [-0.1, -0.05) is 22.0 Å². The monoisotopic (exact) mass is 343 g/mol. The van der Waals surface area contributed by atoms with Gasteiger partial charge in [0.2, 0.25) is 10.0 Å². The van der Waals surface area contributed by atoms with E-state index in [1.54, 1.807) is 43.2 Å². The molecule has 0 amide bonds. The highest BCUT2D eigenvalue weighted by atomic mass is 79.9. The molecule has 0 aliphatic heterocycles. The zero-order valence-electron chi connectivity index (χ0n) is 10.6. The third-order valence-corrected chi connectivity index (χ3v) is 5.14. The van der Waals surface area contributed by atoms with Crippen LogP contribution >= 0.6 is 15.9 Å². The van der Waals surface area contributed by atoms with E-state index < -0.39 is 10.0 Å². The zero-order valence-corrected chi connectivity index (χ0v) is 13.0. The van der Waals surface area contributed by atoms with Gasteiger partial charge in [-0.3, -0.25) is 4.68 Å². The Morgan fingerprint density at radius 3 is 2.79 bits per heavy atom. The molecule has 0 unspecified atom stereocenters. The number of hydrogen-bond donors (Lipinski definition) is 1. The van der Waals surface area contributed by atoms with Gasteiger partial charge in [0.15, 0.2) is 0 Å². The van der Waals surface area contributed by atoms with Crippen molar-refractivity contribution in [3.8, 4) is 0 Å². The molecule has 0 aliphatic carbocycles. The first-order valence-electron chi connectivity index (χ1n) is 5.62. The smallest absolute Gasteiger partial charge is 0.241 e. The molecule has 0 saturated heterocycles. The van der Waals surface area contributed by atoms with Crippen LogP contribution in [-0.2, 0) is 23.6 Å². The molecule has 7 heteroatoms. The Hall–Kier alpha value is -1.18. The maximum absolute atomic E-state index is 12.2. The summed E-state index contributed by atoms with van der Waals surface area (Å²) in [5.74, 6) is 0. The van der Waals surface area contributed by atoms with Crippen molar-refractivity contribution < 1.29 is 8.42 Å². The summed E-state index contributed by atoms with van der Waals surface area (Å²) in [5, 5.41) is 4.00. The maximum atomic E-state index is 12.2. The highest BCUT2D eigenvalue weighted by Gasteiger charge is 2.17. The summed E-state index contributed by atoms with van der Waals surface area (Å²) >= 11 is 3.33. The van der Waals surface area contributed by atoms with Gasteiger partial charge in [-0.15, -0.1) is 0 Å². The van der Waals surface area contributed by atoms with Gasteiger partial charge >= 0.3 is 0 Å². The lowest BCUT2D eigenvalue weighted by Gasteiger charge is -2.09. The molecular formula is C12H14BrN3O2S. The Morgan fingerprint density at radius 1 is 1.42 bits per heavy atom. The maximum Gasteiger partial charge on any atom is 0.241 e. The van der Waals surface area contributed by atoms with Gasteiger partial charge in [-0.25, -0.2) is 13.1 Å². The number of aromatic nitrogens is 2. The van der Waals surface area contributed by atoms with Crippen LogP contribution in [0.15, 0.2) is 40.0 Å². The van der Waals surface area contributed by atoms with Crippen LogP contribution in [0.3, 0.4) is 0 Å². The number of hydrogen-bond acceptors (Lipinski definition) is 3. The molecule has 2 rings (SSSR count). The first-order chi connectivity index (χ1) is 8.90. The predicted octanol–water partition coefficient (Wildman–Crippen LogP) is 1.97. The lowest BCUT2D eigenvalue weighted by molar-refractivity contribution is 0.580. The average molecular weight is 344 g/mol. The van der Waals surface area contributed by atoms with Crippen molar-refractivity contribution in [1.82, 2.24) is 14.5 Å². The van der Waals surface area contributed by atoms with Crippen LogP contribution in [-0.4, -0.2) is 18.2 Å². The third kappa shape index (κ3) is 3.23. The van der Waals surface area contributed by atoms with Crippen molar-refractivity contribution in [1.29, 1.82) is 0 Å². The fourth-order valence-electron chi connectivity index (χ4n) is 1.70. The minimum atomic E-state index is -3.52. The summed E-state index contributed by atoms with van der Waals surface area (Å²) < 4.78 is 29.4. The molecule has 0 aliphatic rings. The van der Waals surface area contributed by atoms with E-state index in [4.69, 9.17) is 0 Å². The number of aryl methyl sites for hydroxylation is 1. The van der Waals surface area contributed by atoms with Crippen LogP contribution in [0.25, 0.3) is 0 Å². The Balaban J connectivity index is 2.21. The number of sulfonamides is 1. The van der Waals surface area contributed by atoms with E-state index in [0.717, 1.165) is 10.0 Å². The summed E-state index contributed by atoms with van der Waals surface area (Å²) in [6, 6.07) is 5.11. The molecular weight excluding hydrogens is 330 g/mol. The minimum Gasteiger partial charge on any atom is -0.275 e. The Labute approximate surface area is 120 Å². The third-order valence-electron chi connectivity index (χ3n) is 2.73. The molecule has 1 aromatic carbocycles. The lowest BCUT2D eigenvalue weighted by atomic mass is 10.2. The van der Waals surface area contributed by atoms with Crippen molar-refractivity contribution >= 4 is 26.0 Å². The van der Waals surface area contributed by atoms with Crippen LogP contribution in [0, 0.1) is 6.92 Å². The van der Waals surface area contributed by atoms with Gasteiger partial charge in [-0.05, 0) is 24.6 Å². The van der Waals surface area contributed by atoms with E-state index in [0.29, 0.717) is 5.56 Å². The SMILES string of the molecule is Cc1c(Br)cccc1S(=O)(=O)NCc1cnn(C)c1. The van der Waals surface area contributed by atoms with Gasteiger partial charge < -0.3 is 0 Å². The summed E-state index contributed by atoms with van der Waals surface area (Å²) in [6.07, 6.45) is 3.41. The fraction of sp³-hybridized carbons (Fsp3) is 0.250. The fourth-order valence-corrected chi connectivity index (χ4v) is 3.48. The first kappa shape index (κ1) is 14.2. The van der Waals surface area contributed by atoms with E-state index in [1.807, 2.05) is 6.07 Å². The molecule has 1 aromatic heterocycles. The van der Waals surface area contributed by atoms with Crippen molar-refractivity contribution in [3.05, 3.63) is 46.2 Å². The highest BCUT2D eigenvalue weighted by molar-refractivity contribution is 9.10. The second kappa shape index (κ2) is 5.44. The van der Waals surface area contributed by atoms with Crippen LogP contribution in [0.1, 0.15) is 11.1 Å². The van der Waals surface area contributed by atoms with Crippen LogP contribution in [0.2, 0.25) is 0 Å². The molecule has 0 atom stereocenters. The normalized spacial score (nSPS) is 11.7. The quantitative estimate of drug-likeness (QED) is 0.922. The molecule has 0 fully saturated rings. The molecule has 1 heterocycles. The molecule has 0 bridgehead atoms. The summed E-state index contributed by atoms with van der Waals surface area (Å²) in [6.45, 7) is 1.99. The molecule has 0 saturated carbocycles. The molecule has 0 radical (unpaired) electrons. The molecule has 5 nitrogen and oxygen atoms in total. The number of nitrogens with zero attached hydrogens (tertiary/aromatic N) is 2. The number of rotatable bonds is 4. The van der Waals surface area contributed by atoms with Gasteiger partial charge in [0.05, 0.1) is 11.1 Å². The first-order valence-corrected chi connectivity index (χ1v) is 7.90. The summed E-state index contributed by atoms with van der Waals surface area (Å²) in [4.78, 5) is 0.283. The number of benzene rings is 1. The second-order valence-corrected chi connectivity index (χ2v) is 6.80. The van der Waals surface area contributed by atoms with Gasteiger partial charge in [0, 0.05) is 29.8 Å². The molecule has 0 spiro atoms. The summed E-state index contributed by atoms with van der Waals surface area (Å²) in [7, 11) is -1.73. The largest absolute Gasteiger partial charge is 0.275 e. The van der Waals surface area contributed by atoms with Gasteiger partial charge in [0.1, 0.15) is 0 Å². The van der Waals surface area contributed by atoms with E-state index in [2.05, 4.69) is 25.8 Å². The van der Waals surface area contributed by atoms with Crippen LogP contribution in [0.5, 0.6) is 0 Å². The van der Waals surface area contributed by atoms with Crippen LogP contribution < -0.4 is 4.72 Å². The van der Waals surface area contributed by atoms with Crippen molar-refractivity contribution in [3.63, 3.8) is 0 Å². The number of halogens is 1. The Kier molecular flexibility index (Phi) is 4.07. The average Bonchev–Trinajstić information content (AvgIpc) is 2.76. The van der Waals surface area contributed by atoms with E-state index in [1.165, 1.54) is 0 Å². The molecule has 1 N–H and O–H groups in total. The molecule has 2 aromatic rings.